The Morgan fingerprint density at radius 1 is 1.05 bits per heavy atom. The number of aromatic carboxylic acids is 1. The molecule has 10 nitrogen and oxygen atoms in total. The molecule has 200 valence electrons. The van der Waals surface area contributed by atoms with Crippen LogP contribution in [0, 0.1) is 18.3 Å². The van der Waals surface area contributed by atoms with Gasteiger partial charge in [-0.3, -0.25) is 4.40 Å². The van der Waals surface area contributed by atoms with Gasteiger partial charge in [-0.05, 0) is 61.9 Å². The van der Waals surface area contributed by atoms with Crippen LogP contribution in [0.25, 0.3) is 16.6 Å². The van der Waals surface area contributed by atoms with E-state index in [0.717, 1.165) is 65.5 Å². The Morgan fingerprint density at radius 3 is 2.50 bits per heavy atom. The molecule has 0 bridgehead atoms. The number of aryl methyl sites for hydroxylation is 1. The number of aromatic nitrogens is 4. The second-order valence-corrected chi connectivity index (χ2v) is 10.0. The summed E-state index contributed by atoms with van der Waals surface area (Å²) in [5.41, 5.74) is 6.08. The number of fused-ring (bicyclic) bond motifs is 3. The summed E-state index contributed by atoms with van der Waals surface area (Å²) in [6, 6.07) is 20.7. The number of carbonyl (C=O) groups is 1. The van der Waals surface area contributed by atoms with Gasteiger partial charge in [0.05, 0.1) is 28.8 Å². The maximum Gasteiger partial charge on any atom is 0.337 e. The molecule has 1 aliphatic rings. The Kier molecular flexibility index (Phi) is 6.40. The molecule has 0 radical (unpaired) electrons. The van der Waals surface area contributed by atoms with Crippen molar-refractivity contribution in [3.8, 4) is 6.07 Å². The SMILES string of the molecule is Cc1cc(C(C)Nc2ccccc2C(=O)O)c2nc(N3CCN(c4ccc(C#N)cc4)CC3)n3cnnc3c2c1. The van der Waals surface area contributed by atoms with Crippen molar-refractivity contribution in [1.29, 1.82) is 5.26 Å². The molecule has 1 unspecified atom stereocenters. The summed E-state index contributed by atoms with van der Waals surface area (Å²) in [5.74, 6) is -0.203. The predicted octanol–water partition coefficient (Wildman–Crippen LogP) is 4.66. The van der Waals surface area contributed by atoms with Gasteiger partial charge in [-0.25, -0.2) is 9.78 Å². The molecular weight excluding hydrogens is 504 g/mol. The van der Waals surface area contributed by atoms with Gasteiger partial charge in [0.15, 0.2) is 5.65 Å². The zero-order valence-corrected chi connectivity index (χ0v) is 22.2. The summed E-state index contributed by atoms with van der Waals surface area (Å²) < 4.78 is 1.95. The molecule has 10 heteroatoms. The lowest BCUT2D eigenvalue weighted by molar-refractivity contribution is 0.0698. The van der Waals surface area contributed by atoms with Crippen LogP contribution >= 0.6 is 0 Å². The molecule has 0 saturated carbocycles. The molecule has 3 heterocycles. The number of rotatable bonds is 6. The zero-order valence-electron chi connectivity index (χ0n) is 22.2. The molecule has 1 atom stereocenters. The molecule has 6 rings (SSSR count). The van der Waals surface area contributed by atoms with Crippen molar-refractivity contribution < 1.29 is 9.90 Å². The number of para-hydroxylation sites is 1. The second-order valence-electron chi connectivity index (χ2n) is 10.0. The highest BCUT2D eigenvalue weighted by Gasteiger charge is 2.24. The largest absolute Gasteiger partial charge is 0.478 e. The first-order valence-corrected chi connectivity index (χ1v) is 13.2. The zero-order chi connectivity index (χ0) is 27.8. The van der Waals surface area contributed by atoms with Gasteiger partial charge >= 0.3 is 5.97 Å². The summed E-state index contributed by atoms with van der Waals surface area (Å²) in [7, 11) is 0. The smallest absolute Gasteiger partial charge is 0.337 e. The van der Waals surface area contributed by atoms with E-state index in [2.05, 4.69) is 43.5 Å². The maximum atomic E-state index is 11.8. The van der Waals surface area contributed by atoms with Crippen LogP contribution in [0.2, 0.25) is 0 Å². The molecule has 1 saturated heterocycles. The molecule has 5 aromatic rings. The fourth-order valence-corrected chi connectivity index (χ4v) is 5.39. The molecule has 0 spiro atoms. The number of carboxylic acids is 1. The lowest BCUT2D eigenvalue weighted by Crippen LogP contribution is -2.47. The summed E-state index contributed by atoms with van der Waals surface area (Å²) in [4.78, 5) is 21.5. The number of nitriles is 1. The first kappa shape index (κ1) is 25.1. The van der Waals surface area contributed by atoms with E-state index in [1.165, 1.54) is 0 Å². The third kappa shape index (κ3) is 4.52. The van der Waals surface area contributed by atoms with E-state index in [4.69, 9.17) is 10.2 Å². The minimum atomic E-state index is -0.977. The van der Waals surface area contributed by atoms with E-state index in [9.17, 15) is 9.90 Å². The topological polar surface area (TPSA) is 123 Å². The third-order valence-corrected chi connectivity index (χ3v) is 7.42. The fourth-order valence-electron chi connectivity index (χ4n) is 5.39. The molecule has 0 aliphatic carbocycles. The molecule has 0 amide bonds. The Bertz CT molecular complexity index is 1770. The van der Waals surface area contributed by atoms with Crippen LogP contribution in [-0.4, -0.2) is 56.8 Å². The number of benzene rings is 3. The standard InChI is InChI=1S/C30H28N8O2/c1-19-15-24(20(2)33-26-6-4-3-5-23(26)29(39)40)27-25(16-19)28-35-32-18-38(28)30(34-27)37-13-11-36(12-14-37)22-9-7-21(17-31)8-10-22/h3-10,15-16,18,20,33H,11-14H2,1-2H3,(H,39,40). The lowest BCUT2D eigenvalue weighted by Gasteiger charge is -2.36. The average Bonchev–Trinajstić information content (AvgIpc) is 3.47. The van der Waals surface area contributed by atoms with Gasteiger partial charge in [0.1, 0.15) is 6.33 Å². The van der Waals surface area contributed by atoms with Crippen molar-refractivity contribution in [2.24, 2.45) is 0 Å². The number of nitrogens with one attached hydrogen (secondary N) is 1. The van der Waals surface area contributed by atoms with E-state index in [-0.39, 0.29) is 11.6 Å². The van der Waals surface area contributed by atoms with Crippen LogP contribution in [-0.2, 0) is 0 Å². The summed E-state index contributed by atoms with van der Waals surface area (Å²) in [5, 5.41) is 31.7. The van der Waals surface area contributed by atoms with Crippen LogP contribution in [0.1, 0.15) is 40.0 Å². The van der Waals surface area contributed by atoms with Gasteiger partial charge in [0.25, 0.3) is 0 Å². The minimum absolute atomic E-state index is 0.221. The Labute approximate surface area is 231 Å². The third-order valence-electron chi connectivity index (χ3n) is 7.42. The van der Waals surface area contributed by atoms with Crippen molar-refractivity contribution in [1.82, 2.24) is 19.6 Å². The Balaban J connectivity index is 1.35. The number of piperazine rings is 1. The quantitative estimate of drug-likeness (QED) is 0.321. The molecule has 3 aromatic carbocycles. The number of hydrogen-bond acceptors (Lipinski definition) is 8. The molecule has 1 fully saturated rings. The predicted molar refractivity (Wildman–Crippen MR) is 154 cm³/mol. The summed E-state index contributed by atoms with van der Waals surface area (Å²) >= 11 is 0. The first-order valence-electron chi connectivity index (χ1n) is 13.2. The molecule has 40 heavy (non-hydrogen) atoms. The highest BCUT2D eigenvalue weighted by Crippen LogP contribution is 2.32. The van der Waals surface area contributed by atoms with Crippen LogP contribution in [0.3, 0.4) is 0 Å². The van der Waals surface area contributed by atoms with E-state index in [1.807, 2.05) is 48.6 Å². The number of carboxylic acid groups (broad SMARTS) is 1. The van der Waals surface area contributed by atoms with E-state index in [1.54, 1.807) is 24.5 Å². The van der Waals surface area contributed by atoms with E-state index in [0.29, 0.717) is 11.3 Å². The molecule has 1 aliphatic heterocycles. The van der Waals surface area contributed by atoms with Gasteiger partial charge in [-0.1, -0.05) is 18.2 Å². The number of anilines is 3. The maximum absolute atomic E-state index is 11.8. The van der Waals surface area contributed by atoms with E-state index < -0.39 is 5.97 Å². The second kappa shape index (κ2) is 10.2. The lowest BCUT2D eigenvalue weighted by atomic mass is 10.0. The highest BCUT2D eigenvalue weighted by atomic mass is 16.4. The normalized spacial score (nSPS) is 14.3. The fraction of sp³-hybridized carbons (Fsp3) is 0.233. The van der Waals surface area contributed by atoms with Gasteiger partial charge in [-0.2, -0.15) is 5.26 Å². The van der Waals surface area contributed by atoms with Crippen molar-refractivity contribution >= 4 is 39.8 Å². The average molecular weight is 533 g/mol. The van der Waals surface area contributed by atoms with Crippen LogP contribution in [0.4, 0.5) is 17.3 Å². The van der Waals surface area contributed by atoms with Crippen LogP contribution < -0.4 is 15.1 Å². The Morgan fingerprint density at radius 2 is 1.77 bits per heavy atom. The first-order chi connectivity index (χ1) is 19.4. The monoisotopic (exact) mass is 532 g/mol. The van der Waals surface area contributed by atoms with Crippen molar-refractivity contribution in [2.45, 2.75) is 19.9 Å². The molecule has 2 N–H and O–H groups in total. The van der Waals surface area contributed by atoms with Crippen LogP contribution in [0.5, 0.6) is 0 Å². The number of nitrogens with zero attached hydrogens (tertiary/aromatic N) is 7. The number of hydrogen-bond donors (Lipinski definition) is 2. The molecule has 2 aromatic heterocycles. The highest BCUT2D eigenvalue weighted by molar-refractivity contribution is 5.96. The van der Waals surface area contributed by atoms with Crippen molar-refractivity contribution in [3.05, 3.63) is 89.2 Å². The summed E-state index contributed by atoms with van der Waals surface area (Å²) in [6.45, 7) is 7.17. The van der Waals surface area contributed by atoms with Crippen molar-refractivity contribution in [2.75, 3.05) is 41.3 Å². The summed E-state index contributed by atoms with van der Waals surface area (Å²) in [6.07, 6.45) is 1.71. The van der Waals surface area contributed by atoms with Crippen LogP contribution in [0.15, 0.2) is 67.0 Å². The minimum Gasteiger partial charge on any atom is -0.478 e. The van der Waals surface area contributed by atoms with Gasteiger partial charge in [0.2, 0.25) is 5.95 Å². The van der Waals surface area contributed by atoms with Crippen molar-refractivity contribution in [3.63, 3.8) is 0 Å². The van der Waals surface area contributed by atoms with Gasteiger partial charge < -0.3 is 20.2 Å². The van der Waals surface area contributed by atoms with Gasteiger partial charge in [-0.15, -0.1) is 10.2 Å². The van der Waals surface area contributed by atoms with E-state index >= 15 is 0 Å². The van der Waals surface area contributed by atoms with Gasteiger partial charge in [0, 0.05) is 48.5 Å². The molecular formula is C30H28N8O2. The Hall–Kier alpha value is -5.17.